The van der Waals surface area contributed by atoms with Crippen LogP contribution in [0.5, 0.6) is 5.75 Å². The average Bonchev–Trinajstić information content (AvgIpc) is 3.03. The molecule has 1 heterocycles. The third-order valence-corrected chi connectivity index (χ3v) is 3.65. The Hall–Kier alpha value is -2.59. The van der Waals surface area contributed by atoms with Crippen molar-refractivity contribution in [1.29, 1.82) is 0 Å². The molecule has 0 aliphatic carbocycles. The first-order chi connectivity index (χ1) is 12.2. The standard InChI is InChI=1S/C16H18F3N3O4/c1-21(26-3)15(24)12-9-22(20-13(12)14(23)16(17,18)19)8-10-4-6-11(25-2)7-5-10/h4-7,9,14,23H,8H2,1-3H3. The number of halogens is 3. The molecule has 0 saturated heterocycles. The van der Waals surface area contributed by atoms with Gasteiger partial charge in [-0.15, -0.1) is 0 Å². The lowest BCUT2D eigenvalue weighted by molar-refractivity contribution is -0.208. The molecule has 0 bridgehead atoms. The van der Waals surface area contributed by atoms with Gasteiger partial charge in [0.05, 0.1) is 26.3 Å². The number of hydrogen-bond donors (Lipinski definition) is 1. The normalized spacial score (nSPS) is 12.7. The smallest absolute Gasteiger partial charge is 0.420 e. The molecular weight excluding hydrogens is 355 g/mol. The molecule has 1 atom stereocenters. The molecule has 1 unspecified atom stereocenters. The maximum Gasteiger partial charge on any atom is 0.420 e. The molecule has 1 amide bonds. The van der Waals surface area contributed by atoms with Gasteiger partial charge in [-0.25, -0.2) is 5.06 Å². The van der Waals surface area contributed by atoms with Crippen LogP contribution in [0.1, 0.15) is 27.7 Å². The highest BCUT2D eigenvalue weighted by Gasteiger charge is 2.43. The summed E-state index contributed by atoms with van der Waals surface area (Å²) in [7, 11) is 3.95. The van der Waals surface area contributed by atoms with E-state index in [1.165, 1.54) is 21.3 Å². The number of hydrogen-bond acceptors (Lipinski definition) is 5. The van der Waals surface area contributed by atoms with E-state index in [1.54, 1.807) is 24.3 Å². The Bertz CT molecular complexity index is 759. The number of ether oxygens (including phenoxy) is 1. The number of alkyl halides is 3. The maximum atomic E-state index is 12.9. The van der Waals surface area contributed by atoms with E-state index in [0.717, 1.165) is 21.5 Å². The van der Waals surface area contributed by atoms with Gasteiger partial charge < -0.3 is 9.84 Å². The minimum absolute atomic E-state index is 0.103. The van der Waals surface area contributed by atoms with Gasteiger partial charge in [0.1, 0.15) is 11.4 Å². The van der Waals surface area contributed by atoms with Gasteiger partial charge in [-0.05, 0) is 17.7 Å². The molecule has 142 valence electrons. The minimum Gasteiger partial charge on any atom is -0.497 e. The van der Waals surface area contributed by atoms with Crippen LogP contribution in [0.2, 0.25) is 0 Å². The molecule has 0 saturated carbocycles. The fourth-order valence-electron chi connectivity index (χ4n) is 2.21. The van der Waals surface area contributed by atoms with Crippen LogP contribution in [0.3, 0.4) is 0 Å². The van der Waals surface area contributed by atoms with Crippen molar-refractivity contribution in [2.24, 2.45) is 0 Å². The summed E-state index contributed by atoms with van der Waals surface area (Å²) in [5, 5.41) is 14.1. The highest BCUT2D eigenvalue weighted by atomic mass is 19.4. The van der Waals surface area contributed by atoms with Gasteiger partial charge in [0.2, 0.25) is 0 Å². The molecular formula is C16H18F3N3O4. The fraction of sp³-hybridized carbons (Fsp3) is 0.375. The third-order valence-electron chi connectivity index (χ3n) is 3.65. The van der Waals surface area contributed by atoms with E-state index < -0.39 is 29.4 Å². The van der Waals surface area contributed by atoms with E-state index in [9.17, 15) is 23.1 Å². The van der Waals surface area contributed by atoms with Crippen molar-refractivity contribution in [3.05, 3.63) is 47.3 Å². The lowest BCUT2D eigenvalue weighted by atomic mass is 10.1. The minimum atomic E-state index is -4.96. The van der Waals surface area contributed by atoms with Crippen LogP contribution in [0.25, 0.3) is 0 Å². The largest absolute Gasteiger partial charge is 0.497 e. The monoisotopic (exact) mass is 373 g/mol. The number of hydroxylamine groups is 2. The summed E-state index contributed by atoms with van der Waals surface area (Å²) in [6.45, 7) is 0.103. The number of carbonyl (C=O) groups is 1. The van der Waals surface area contributed by atoms with Gasteiger partial charge >= 0.3 is 6.18 Å². The van der Waals surface area contributed by atoms with Crippen LogP contribution in [0.15, 0.2) is 30.5 Å². The van der Waals surface area contributed by atoms with Crippen molar-refractivity contribution >= 4 is 5.91 Å². The van der Waals surface area contributed by atoms with E-state index >= 15 is 0 Å². The molecule has 0 fully saturated rings. The molecule has 1 aromatic heterocycles. The first kappa shape index (κ1) is 19.7. The first-order valence-electron chi connectivity index (χ1n) is 7.44. The number of rotatable bonds is 6. The van der Waals surface area contributed by atoms with Gasteiger partial charge in [-0.1, -0.05) is 12.1 Å². The number of nitrogens with zero attached hydrogens (tertiary/aromatic N) is 3. The van der Waals surface area contributed by atoms with Crippen molar-refractivity contribution in [2.75, 3.05) is 21.3 Å². The average molecular weight is 373 g/mol. The van der Waals surface area contributed by atoms with Crippen molar-refractivity contribution in [2.45, 2.75) is 18.8 Å². The van der Waals surface area contributed by atoms with E-state index in [2.05, 4.69) is 5.10 Å². The topological polar surface area (TPSA) is 76.8 Å². The van der Waals surface area contributed by atoms with Gasteiger partial charge in [-0.2, -0.15) is 18.3 Å². The summed E-state index contributed by atoms with van der Waals surface area (Å²) in [6.07, 6.45) is -6.70. The summed E-state index contributed by atoms with van der Waals surface area (Å²) in [5.41, 5.74) is -0.451. The van der Waals surface area contributed by atoms with Crippen molar-refractivity contribution in [1.82, 2.24) is 14.8 Å². The Morgan fingerprint density at radius 1 is 1.31 bits per heavy atom. The molecule has 0 radical (unpaired) electrons. The highest BCUT2D eigenvalue weighted by molar-refractivity contribution is 5.94. The second-order valence-electron chi connectivity index (χ2n) is 5.40. The van der Waals surface area contributed by atoms with E-state index in [-0.39, 0.29) is 6.54 Å². The molecule has 1 N–H and O–H groups in total. The molecule has 2 aromatic rings. The van der Waals surface area contributed by atoms with Gasteiger partial charge in [-0.3, -0.25) is 14.3 Å². The van der Waals surface area contributed by atoms with Crippen LogP contribution in [0, 0.1) is 0 Å². The quantitative estimate of drug-likeness (QED) is 0.786. The number of benzene rings is 1. The lowest BCUT2D eigenvalue weighted by Gasteiger charge is -2.16. The Balaban J connectivity index is 2.38. The Morgan fingerprint density at radius 2 is 1.92 bits per heavy atom. The van der Waals surface area contributed by atoms with Gasteiger partial charge in [0.15, 0.2) is 6.10 Å². The summed E-state index contributed by atoms with van der Waals surface area (Å²) >= 11 is 0. The Morgan fingerprint density at radius 3 is 2.42 bits per heavy atom. The number of aliphatic hydroxyl groups excluding tert-OH is 1. The third kappa shape index (κ3) is 4.33. The number of amides is 1. The zero-order valence-corrected chi connectivity index (χ0v) is 14.3. The Labute approximate surface area is 147 Å². The van der Waals surface area contributed by atoms with Crippen LogP contribution in [-0.4, -0.2) is 53.3 Å². The van der Waals surface area contributed by atoms with Crippen LogP contribution < -0.4 is 4.74 Å². The van der Waals surface area contributed by atoms with Crippen molar-refractivity contribution in [3.63, 3.8) is 0 Å². The lowest BCUT2D eigenvalue weighted by Crippen LogP contribution is -2.28. The molecule has 0 aliphatic heterocycles. The maximum absolute atomic E-state index is 12.9. The summed E-state index contributed by atoms with van der Waals surface area (Å²) in [5.74, 6) is -0.230. The molecule has 2 rings (SSSR count). The molecule has 10 heteroatoms. The second kappa shape index (κ2) is 7.75. The predicted octanol–water partition coefficient (Wildman–Crippen LogP) is 2.17. The number of aromatic nitrogens is 2. The van der Waals surface area contributed by atoms with Crippen molar-refractivity contribution in [3.8, 4) is 5.75 Å². The number of aliphatic hydroxyl groups is 1. The Kier molecular flexibility index (Phi) is 5.88. The molecule has 1 aromatic carbocycles. The van der Waals surface area contributed by atoms with Crippen molar-refractivity contribution < 1.29 is 32.6 Å². The van der Waals surface area contributed by atoms with Crippen LogP contribution >= 0.6 is 0 Å². The van der Waals surface area contributed by atoms with Crippen LogP contribution in [0.4, 0.5) is 13.2 Å². The number of methoxy groups -OCH3 is 1. The van der Waals surface area contributed by atoms with E-state index in [1.807, 2.05) is 0 Å². The van der Waals surface area contributed by atoms with Crippen LogP contribution in [-0.2, 0) is 11.4 Å². The van der Waals surface area contributed by atoms with Gasteiger partial charge in [0.25, 0.3) is 5.91 Å². The predicted molar refractivity (Wildman–Crippen MR) is 84.4 cm³/mol. The molecule has 7 nitrogen and oxygen atoms in total. The first-order valence-corrected chi connectivity index (χ1v) is 7.44. The summed E-state index contributed by atoms with van der Waals surface area (Å²) in [6, 6.07) is 6.80. The fourth-order valence-corrected chi connectivity index (χ4v) is 2.21. The summed E-state index contributed by atoms with van der Waals surface area (Å²) in [4.78, 5) is 16.9. The molecule has 0 spiro atoms. The summed E-state index contributed by atoms with van der Waals surface area (Å²) < 4.78 is 44.9. The molecule has 0 aliphatic rings. The second-order valence-corrected chi connectivity index (χ2v) is 5.40. The molecule has 26 heavy (non-hydrogen) atoms. The van der Waals surface area contributed by atoms with Gasteiger partial charge in [0, 0.05) is 13.2 Å². The SMILES string of the molecule is COc1ccc(Cn2cc(C(=O)N(C)OC)c(C(O)C(F)(F)F)n2)cc1. The zero-order chi connectivity index (χ0) is 19.5. The number of carbonyl (C=O) groups excluding carboxylic acids is 1. The van der Waals surface area contributed by atoms with E-state index in [0.29, 0.717) is 5.75 Å². The van der Waals surface area contributed by atoms with E-state index in [4.69, 9.17) is 9.57 Å². The zero-order valence-electron chi connectivity index (χ0n) is 14.3. The highest BCUT2D eigenvalue weighted by Crippen LogP contribution is 2.33.